The van der Waals surface area contributed by atoms with Gasteiger partial charge in [-0.3, -0.25) is 0 Å². The van der Waals surface area contributed by atoms with Crippen molar-refractivity contribution in [3.8, 4) is 0 Å². The summed E-state index contributed by atoms with van der Waals surface area (Å²) in [6.07, 6.45) is 2.10. The summed E-state index contributed by atoms with van der Waals surface area (Å²) in [4.78, 5) is 1.32. The average Bonchev–Trinajstić information content (AvgIpc) is 2.46. The Bertz CT molecular complexity index is 502. The first-order chi connectivity index (χ1) is 9.19. The Kier molecular flexibility index (Phi) is 5.06. The summed E-state index contributed by atoms with van der Waals surface area (Å²) in [7, 11) is 0. The summed E-state index contributed by atoms with van der Waals surface area (Å²) in [6, 6.07) is 17.9. The highest BCUT2D eigenvalue weighted by Gasteiger charge is 2.04. The minimum absolute atomic E-state index is 0.376. The van der Waals surface area contributed by atoms with Crippen molar-refractivity contribution in [2.24, 2.45) is 0 Å². The Morgan fingerprint density at radius 1 is 1.00 bits per heavy atom. The van der Waals surface area contributed by atoms with Crippen molar-refractivity contribution in [1.82, 2.24) is 5.32 Å². The molecule has 2 heteroatoms. The van der Waals surface area contributed by atoms with Crippen molar-refractivity contribution >= 4 is 11.8 Å². The van der Waals surface area contributed by atoms with Crippen LogP contribution < -0.4 is 5.32 Å². The topological polar surface area (TPSA) is 12.0 Å². The first-order valence-electron chi connectivity index (χ1n) is 6.62. The summed E-state index contributed by atoms with van der Waals surface area (Å²) in [5, 5.41) is 3.57. The van der Waals surface area contributed by atoms with Crippen molar-refractivity contribution in [3.63, 3.8) is 0 Å². The van der Waals surface area contributed by atoms with E-state index < -0.39 is 0 Å². The van der Waals surface area contributed by atoms with Crippen molar-refractivity contribution in [3.05, 3.63) is 65.2 Å². The van der Waals surface area contributed by atoms with Gasteiger partial charge in [-0.1, -0.05) is 42.0 Å². The lowest BCUT2D eigenvalue weighted by molar-refractivity contribution is 0.574. The van der Waals surface area contributed by atoms with E-state index in [1.807, 2.05) is 0 Å². The number of hydrogen-bond donors (Lipinski definition) is 1. The van der Waals surface area contributed by atoms with Crippen LogP contribution in [0.3, 0.4) is 0 Å². The van der Waals surface area contributed by atoms with Crippen LogP contribution in [0.25, 0.3) is 0 Å². The lowest BCUT2D eigenvalue weighted by Crippen LogP contribution is -2.17. The van der Waals surface area contributed by atoms with E-state index in [0.717, 1.165) is 6.54 Å². The van der Waals surface area contributed by atoms with E-state index in [9.17, 15) is 0 Å². The predicted octanol–water partition coefficient (Wildman–Crippen LogP) is 4.57. The van der Waals surface area contributed by atoms with Crippen molar-refractivity contribution in [1.29, 1.82) is 0 Å². The zero-order chi connectivity index (χ0) is 13.7. The molecule has 2 rings (SSSR count). The molecule has 0 radical (unpaired) electrons. The zero-order valence-corrected chi connectivity index (χ0v) is 12.6. The molecule has 19 heavy (non-hydrogen) atoms. The van der Waals surface area contributed by atoms with Gasteiger partial charge < -0.3 is 5.32 Å². The molecule has 1 atom stereocenters. The van der Waals surface area contributed by atoms with Gasteiger partial charge in [0.1, 0.15) is 0 Å². The SMILES string of the molecule is CSc1ccc(CN[C@@H](C)c2ccc(C)cc2)cc1. The highest BCUT2D eigenvalue weighted by molar-refractivity contribution is 7.98. The van der Waals surface area contributed by atoms with Gasteiger partial charge >= 0.3 is 0 Å². The monoisotopic (exact) mass is 271 g/mol. The van der Waals surface area contributed by atoms with Crippen LogP contribution in [0.2, 0.25) is 0 Å². The van der Waals surface area contributed by atoms with Crippen LogP contribution in [0, 0.1) is 6.92 Å². The molecule has 0 aliphatic rings. The molecule has 0 bridgehead atoms. The molecule has 100 valence electrons. The van der Waals surface area contributed by atoms with E-state index in [0.29, 0.717) is 6.04 Å². The van der Waals surface area contributed by atoms with Crippen LogP contribution in [0.15, 0.2) is 53.4 Å². The van der Waals surface area contributed by atoms with Crippen molar-refractivity contribution in [2.45, 2.75) is 31.3 Å². The largest absolute Gasteiger partial charge is 0.306 e. The lowest BCUT2D eigenvalue weighted by atomic mass is 10.1. The van der Waals surface area contributed by atoms with Gasteiger partial charge in [0.15, 0.2) is 0 Å². The van der Waals surface area contributed by atoms with E-state index in [4.69, 9.17) is 0 Å². The third-order valence-electron chi connectivity index (χ3n) is 3.35. The summed E-state index contributed by atoms with van der Waals surface area (Å²) in [6.45, 7) is 5.24. The highest BCUT2D eigenvalue weighted by Crippen LogP contribution is 2.16. The second-order valence-corrected chi connectivity index (χ2v) is 5.74. The van der Waals surface area contributed by atoms with Crippen LogP contribution in [0.1, 0.15) is 29.7 Å². The quantitative estimate of drug-likeness (QED) is 0.800. The minimum Gasteiger partial charge on any atom is -0.306 e. The van der Waals surface area contributed by atoms with Gasteiger partial charge in [0.25, 0.3) is 0 Å². The van der Waals surface area contributed by atoms with Crippen LogP contribution in [-0.2, 0) is 6.54 Å². The number of benzene rings is 2. The average molecular weight is 271 g/mol. The van der Waals surface area contributed by atoms with Gasteiger partial charge in [0, 0.05) is 17.5 Å². The molecular weight excluding hydrogens is 250 g/mol. The third-order valence-corrected chi connectivity index (χ3v) is 4.09. The number of aryl methyl sites for hydroxylation is 1. The fourth-order valence-electron chi connectivity index (χ4n) is 1.99. The van der Waals surface area contributed by atoms with E-state index >= 15 is 0 Å². The molecule has 0 heterocycles. The third kappa shape index (κ3) is 4.12. The molecule has 0 aliphatic carbocycles. The van der Waals surface area contributed by atoms with Crippen LogP contribution in [0.5, 0.6) is 0 Å². The second-order valence-electron chi connectivity index (χ2n) is 4.86. The molecule has 1 nitrogen and oxygen atoms in total. The fourth-order valence-corrected chi connectivity index (χ4v) is 2.40. The summed E-state index contributed by atoms with van der Waals surface area (Å²) in [5.74, 6) is 0. The molecule has 0 amide bonds. The minimum atomic E-state index is 0.376. The van der Waals surface area contributed by atoms with Crippen LogP contribution in [0.4, 0.5) is 0 Å². The van der Waals surface area contributed by atoms with Gasteiger partial charge in [0.05, 0.1) is 0 Å². The molecule has 0 saturated carbocycles. The molecule has 0 unspecified atom stereocenters. The molecule has 1 N–H and O–H groups in total. The van der Waals surface area contributed by atoms with Gasteiger partial charge in [-0.15, -0.1) is 11.8 Å². The zero-order valence-electron chi connectivity index (χ0n) is 11.8. The Morgan fingerprint density at radius 2 is 1.63 bits per heavy atom. The maximum atomic E-state index is 3.57. The van der Waals surface area contributed by atoms with Crippen LogP contribution >= 0.6 is 11.8 Å². The van der Waals surface area contributed by atoms with E-state index in [2.05, 4.69) is 74.0 Å². The molecule has 2 aromatic carbocycles. The first-order valence-corrected chi connectivity index (χ1v) is 7.84. The predicted molar refractivity (Wildman–Crippen MR) is 84.7 cm³/mol. The second kappa shape index (κ2) is 6.78. The summed E-state index contributed by atoms with van der Waals surface area (Å²) in [5.41, 5.74) is 3.98. The summed E-state index contributed by atoms with van der Waals surface area (Å²) >= 11 is 1.78. The maximum Gasteiger partial charge on any atom is 0.0294 e. The highest BCUT2D eigenvalue weighted by atomic mass is 32.2. The van der Waals surface area contributed by atoms with Crippen molar-refractivity contribution in [2.75, 3.05) is 6.26 Å². The first kappa shape index (κ1) is 14.2. The molecule has 2 aromatic rings. The summed E-state index contributed by atoms with van der Waals surface area (Å²) < 4.78 is 0. The molecule has 0 spiro atoms. The normalized spacial score (nSPS) is 12.4. The molecule has 0 aromatic heterocycles. The number of thioether (sulfide) groups is 1. The van der Waals surface area contributed by atoms with E-state index in [1.54, 1.807) is 11.8 Å². The molecular formula is C17H21NS. The fraction of sp³-hybridized carbons (Fsp3) is 0.294. The van der Waals surface area contributed by atoms with Crippen molar-refractivity contribution < 1.29 is 0 Å². The van der Waals surface area contributed by atoms with Gasteiger partial charge in [-0.25, -0.2) is 0 Å². The Labute approximate surface area is 120 Å². The van der Waals surface area contributed by atoms with E-state index in [-0.39, 0.29) is 0 Å². The lowest BCUT2D eigenvalue weighted by Gasteiger charge is -2.14. The Balaban J connectivity index is 1.92. The van der Waals surface area contributed by atoms with Gasteiger partial charge in [-0.05, 0) is 43.4 Å². The molecule has 0 saturated heterocycles. The number of hydrogen-bond acceptors (Lipinski definition) is 2. The van der Waals surface area contributed by atoms with Gasteiger partial charge in [-0.2, -0.15) is 0 Å². The van der Waals surface area contributed by atoms with Crippen LogP contribution in [-0.4, -0.2) is 6.26 Å². The number of nitrogens with one attached hydrogen (secondary N) is 1. The number of rotatable bonds is 5. The van der Waals surface area contributed by atoms with E-state index in [1.165, 1.54) is 21.6 Å². The maximum absolute atomic E-state index is 3.57. The Morgan fingerprint density at radius 3 is 2.21 bits per heavy atom. The smallest absolute Gasteiger partial charge is 0.0294 e. The molecule has 0 aliphatic heterocycles. The molecule has 0 fully saturated rings. The standard InChI is InChI=1S/C17H21NS/c1-13-4-8-16(9-5-13)14(2)18-12-15-6-10-17(19-3)11-7-15/h4-11,14,18H,12H2,1-3H3/t14-/m0/s1. The Hall–Kier alpha value is -1.25. The van der Waals surface area contributed by atoms with Gasteiger partial charge in [0.2, 0.25) is 0 Å².